The first-order valence-corrected chi connectivity index (χ1v) is 20.3. The van der Waals surface area contributed by atoms with Crippen molar-refractivity contribution in [3.05, 3.63) is 18.2 Å². The summed E-state index contributed by atoms with van der Waals surface area (Å²) in [6, 6.07) is 4.63. The maximum absolute atomic E-state index is 12.7. The van der Waals surface area contributed by atoms with Crippen molar-refractivity contribution >= 4 is 17.9 Å². The number of esters is 3. The SMILES string of the molecule is CCCCCCCCCCCC(=O)Oc1cc(OC(=O)CCCCCCCCCCC)cc(OC(=O)CCCCCCCCCCC)c1. The minimum absolute atomic E-state index is 0.232. The fraction of sp³-hybridized carbons (Fsp3) is 0.786. The highest BCUT2D eigenvalue weighted by Crippen LogP contribution is 2.29. The Balaban J connectivity index is 2.57. The van der Waals surface area contributed by atoms with Crippen LogP contribution in [-0.2, 0) is 14.4 Å². The highest BCUT2D eigenvalue weighted by atomic mass is 16.6. The standard InChI is InChI=1S/C42H72O6/c1-4-7-10-13-16-19-22-25-28-31-40(43)46-37-34-38(47-41(44)32-29-26-23-20-17-14-11-8-5-2)36-39(35-37)48-42(45)33-30-27-24-21-18-15-12-9-6-3/h34-36H,4-33H2,1-3H3. The zero-order chi connectivity index (χ0) is 34.9. The minimum Gasteiger partial charge on any atom is -0.426 e. The van der Waals surface area contributed by atoms with Crippen LogP contribution in [0.2, 0.25) is 0 Å². The molecule has 276 valence electrons. The van der Waals surface area contributed by atoms with Crippen molar-refractivity contribution in [2.45, 2.75) is 213 Å². The van der Waals surface area contributed by atoms with Crippen LogP contribution in [0.25, 0.3) is 0 Å². The summed E-state index contributed by atoms with van der Waals surface area (Å²) in [4.78, 5) is 38.0. The van der Waals surface area contributed by atoms with E-state index in [1.807, 2.05) is 0 Å². The molecule has 1 rings (SSSR count). The first kappa shape index (κ1) is 43.7. The third-order valence-corrected chi connectivity index (χ3v) is 9.00. The van der Waals surface area contributed by atoms with Gasteiger partial charge in [-0.25, -0.2) is 0 Å². The zero-order valence-corrected chi connectivity index (χ0v) is 31.4. The Morgan fingerprint density at radius 1 is 0.333 bits per heavy atom. The van der Waals surface area contributed by atoms with E-state index in [4.69, 9.17) is 14.2 Å². The lowest BCUT2D eigenvalue weighted by Crippen LogP contribution is -2.11. The van der Waals surface area contributed by atoms with Crippen LogP contribution in [0, 0.1) is 0 Å². The Labute approximate surface area is 294 Å². The lowest BCUT2D eigenvalue weighted by Gasteiger charge is -2.11. The highest BCUT2D eigenvalue weighted by Gasteiger charge is 2.14. The molecular formula is C42H72O6. The third-order valence-electron chi connectivity index (χ3n) is 9.00. The Kier molecular flexibility index (Phi) is 29.0. The smallest absolute Gasteiger partial charge is 0.311 e. The molecule has 0 amide bonds. The summed E-state index contributed by atoms with van der Waals surface area (Å²) >= 11 is 0. The summed E-state index contributed by atoms with van der Waals surface area (Å²) in [5, 5.41) is 0. The number of benzene rings is 1. The first-order chi connectivity index (χ1) is 23.5. The molecule has 1 aromatic carbocycles. The lowest BCUT2D eigenvalue weighted by molar-refractivity contribution is -0.135. The molecule has 0 N–H and O–H groups in total. The second-order valence-electron chi connectivity index (χ2n) is 13.8. The van der Waals surface area contributed by atoms with Crippen LogP contribution in [0.3, 0.4) is 0 Å². The molecule has 0 bridgehead atoms. The average Bonchev–Trinajstić information content (AvgIpc) is 3.06. The van der Waals surface area contributed by atoms with E-state index in [-0.39, 0.29) is 35.2 Å². The van der Waals surface area contributed by atoms with Gasteiger partial charge in [0.1, 0.15) is 17.2 Å². The first-order valence-electron chi connectivity index (χ1n) is 20.3. The number of rotatable bonds is 33. The summed E-state index contributed by atoms with van der Waals surface area (Å²) in [7, 11) is 0. The molecule has 0 saturated heterocycles. The predicted molar refractivity (Wildman–Crippen MR) is 199 cm³/mol. The molecule has 0 radical (unpaired) electrons. The lowest BCUT2D eigenvalue weighted by atomic mass is 10.1. The van der Waals surface area contributed by atoms with Crippen molar-refractivity contribution in [1.82, 2.24) is 0 Å². The van der Waals surface area contributed by atoms with Crippen LogP contribution >= 0.6 is 0 Å². The summed E-state index contributed by atoms with van der Waals surface area (Å²) in [5.74, 6) is -0.297. The van der Waals surface area contributed by atoms with Crippen molar-refractivity contribution in [2.75, 3.05) is 0 Å². The zero-order valence-electron chi connectivity index (χ0n) is 31.4. The summed E-state index contributed by atoms with van der Waals surface area (Å²) in [6.07, 6.45) is 32.6. The van der Waals surface area contributed by atoms with Gasteiger partial charge in [0.2, 0.25) is 0 Å². The maximum Gasteiger partial charge on any atom is 0.311 e. The Morgan fingerprint density at radius 2 is 0.521 bits per heavy atom. The van der Waals surface area contributed by atoms with Gasteiger partial charge in [-0.15, -0.1) is 0 Å². The van der Waals surface area contributed by atoms with Crippen LogP contribution < -0.4 is 14.2 Å². The van der Waals surface area contributed by atoms with E-state index in [0.717, 1.165) is 57.8 Å². The van der Waals surface area contributed by atoms with Crippen LogP contribution in [0.15, 0.2) is 18.2 Å². The number of ether oxygens (including phenoxy) is 3. The predicted octanol–water partition coefficient (Wildman–Crippen LogP) is 13.2. The molecule has 0 aliphatic heterocycles. The molecule has 0 fully saturated rings. The summed E-state index contributed by atoms with van der Waals surface area (Å²) in [5.41, 5.74) is 0. The number of hydrogen-bond acceptors (Lipinski definition) is 6. The molecule has 0 spiro atoms. The molecule has 6 heteroatoms. The molecular weight excluding hydrogens is 600 g/mol. The van der Waals surface area contributed by atoms with E-state index in [1.165, 1.54) is 116 Å². The van der Waals surface area contributed by atoms with Gasteiger partial charge in [0, 0.05) is 37.5 Å². The van der Waals surface area contributed by atoms with E-state index in [0.29, 0.717) is 19.3 Å². The number of carbonyl (C=O) groups is 3. The van der Waals surface area contributed by atoms with Crippen molar-refractivity contribution in [3.63, 3.8) is 0 Å². The van der Waals surface area contributed by atoms with Crippen molar-refractivity contribution in [2.24, 2.45) is 0 Å². The van der Waals surface area contributed by atoms with Crippen LogP contribution in [0.1, 0.15) is 213 Å². The normalized spacial score (nSPS) is 11.1. The Hall–Kier alpha value is -2.37. The molecule has 0 unspecified atom stereocenters. The second kappa shape index (κ2) is 31.9. The van der Waals surface area contributed by atoms with Gasteiger partial charge in [0.15, 0.2) is 0 Å². The van der Waals surface area contributed by atoms with Gasteiger partial charge in [-0.05, 0) is 19.3 Å². The van der Waals surface area contributed by atoms with Crippen LogP contribution in [0.4, 0.5) is 0 Å². The van der Waals surface area contributed by atoms with Crippen molar-refractivity contribution < 1.29 is 28.6 Å². The molecule has 0 aliphatic rings. The summed E-state index contributed by atoms with van der Waals surface area (Å²) < 4.78 is 16.9. The monoisotopic (exact) mass is 673 g/mol. The molecule has 0 heterocycles. The molecule has 48 heavy (non-hydrogen) atoms. The third kappa shape index (κ3) is 26.6. The van der Waals surface area contributed by atoms with E-state index in [1.54, 1.807) is 18.2 Å². The number of unbranched alkanes of at least 4 members (excludes halogenated alkanes) is 24. The van der Waals surface area contributed by atoms with Gasteiger partial charge in [-0.3, -0.25) is 14.4 Å². The van der Waals surface area contributed by atoms with Gasteiger partial charge in [0.05, 0.1) is 0 Å². The molecule has 0 saturated carbocycles. The maximum atomic E-state index is 12.7. The van der Waals surface area contributed by atoms with E-state index < -0.39 is 0 Å². The van der Waals surface area contributed by atoms with Crippen LogP contribution in [0.5, 0.6) is 17.2 Å². The number of hydrogen-bond donors (Lipinski definition) is 0. The fourth-order valence-corrected chi connectivity index (χ4v) is 6.01. The minimum atomic E-state index is -0.330. The van der Waals surface area contributed by atoms with Crippen LogP contribution in [-0.4, -0.2) is 17.9 Å². The Bertz CT molecular complexity index is 811. The van der Waals surface area contributed by atoms with Gasteiger partial charge < -0.3 is 14.2 Å². The van der Waals surface area contributed by atoms with E-state index >= 15 is 0 Å². The van der Waals surface area contributed by atoms with Crippen molar-refractivity contribution in [3.8, 4) is 17.2 Å². The molecule has 1 aromatic rings. The highest BCUT2D eigenvalue weighted by molar-refractivity contribution is 5.76. The van der Waals surface area contributed by atoms with Crippen molar-refractivity contribution in [1.29, 1.82) is 0 Å². The van der Waals surface area contributed by atoms with Gasteiger partial charge in [0.25, 0.3) is 0 Å². The van der Waals surface area contributed by atoms with E-state index in [9.17, 15) is 14.4 Å². The Morgan fingerprint density at radius 3 is 0.729 bits per heavy atom. The van der Waals surface area contributed by atoms with Gasteiger partial charge in [-0.1, -0.05) is 175 Å². The largest absolute Gasteiger partial charge is 0.426 e. The average molecular weight is 673 g/mol. The second-order valence-corrected chi connectivity index (χ2v) is 13.8. The van der Waals surface area contributed by atoms with E-state index in [2.05, 4.69) is 20.8 Å². The van der Waals surface area contributed by atoms with Gasteiger partial charge in [-0.2, -0.15) is 0 Å². The number of carbonyl (C=O) groups excluding carboxylic acids is 3. The summed E-state index contributed by atoms with van der Waals surface area (Å²) in [6.45, 7) is 6.69. The molecule has 0 aliphatic carbocycles. The van der Waals surface area contributed by atoms with Gasteiger partial charge >= 0.3 is 17.9 Å². The molecule has 6 nitrogen and oxygen atoms in total. The quantitative estimate of drug-likeness (QED) is 0.0420. The fourth-order valence-electron chi connectivity index (χ4n) is 6.01. The molecule has 0 aromatic heterocycles. The molecule has 0 atom stereocenters. The topological polar surface area (TPSA) is 78.9 Å².